The number of anilines is 1. The van der Waals surface area contributed by atoms with E-state index in [1.165, 1.54) is 29.3 Å². The number of nitrogens with zero attached hydrogens (tertiary/aromatic N) is 1. The van der Waals surface area contributed by atoms with Gasteiger partial charge in [0.05, 0.1) is 18.3 Å². The number of hydrogen-bond acceptors (Lipinski definition) is 6. The van der Waals surface area contributed by atoms with Crippen LogP contribution in [0.2, 0.25) is 0 Å². The molecule has 0 amide bonds. The maximum Gasteiger partial charge on any atom is 0.193 e. The van der Waals surface area contributed by atoms with Gasteiger partial charge in [0.25, 0.3) is 0 Å². The number of aliphatic hydroxyl groups is 2. The number of halogens is 2. The molecule has 5 aliphatic rings. The molecular formula is C29H33F2NO5. The number of hydroxylamine groups is 1. The number of Topliss-reactive ketones (excluding diaryl/α,β-unsaturated/α-hetero) is 1. The summed E-state index contributed by atoms with van der Waals surface area (Å²) in [5.41, 5.74) is -2.91. The standard InChI is InChI=1S/C29H33F2NO5/c1-26-8-7-19(34)10-20(26)22(31)11-21-25(26)23(35)13-28(3)27(21,2)12-16-14-32(18-6-4-5-17(30)9-18)37-29(16,28)24(36)15-33/h4-10,16,21-23,25,33,35H,11-15H2,1-3H3. The lowest BCUT2D eigenvalue weighted by molar-refractivity contribution is -0.216. The molecule has 4 aliphatic carbocycles. The molecule has 0 radical (unpaired) electrons. The van der Waals surface area contributed by atoms with Crippen molar-refractivity contribution in [2.24, 2.45) is 34.0 Å². The van der Waals surface area contributed by atoms with Gasteiger partial charge in [0, 0.05) is 22.7 Å². The second-order valence-corrected chi connectivity index (χ2v) is 12.3. The van der Waals surface area contributed by atoms with Crippen LogP contribution in [0.25, 0.3) is 0 Å². The van der Waals surface area contributed by atoms with E-state index in [2.05, 4.69) is 6.92 Å². The molecule has 6 nitrogen and oxygen atoms in total. The molecule has 0 bridgehead atoms. The zero-order chi connectivity index (χ0) is 26.5. The third-order valence-corrected chi connectivity index (χ3v) is 10.9. The summed E-state index contributed by atoms with van der Waals surface area (Å²) in [5, 5.41) is 23.4. The van der Waals surface area contributed by atoms with Crippen molar-refractivity contribution in [1.82, 2.24) is 0 Å². The molecule has 1 aromatic carbocycles. The molecule has 1 saturated heterocycles. The summed E-state index contributed by atoms with van der Waals surface area (Å²) in [6, 6.07) is 5.94. The van der Waals surface area contributed by atoms with Crippen molar-refractivity contribution >= 4 is 17.3 Å². The van der Waals surface area contributed by atoms with Gasteiger partial charge in [-0.05, 0) is 66.5 Å². The lowest BCUT2D eigenvalue weighted by Gasteiger charge is -2.64. The van der Waals surface area contributed by atoms with Crippen LogP contribution in [0.5, 0.6) is 0 Å². The Labute approximate surface area is 214 Å². The van der Waals surface area contributed by atoms with Crippen molar-refractivity contribution in [3.05, 3.63) is 53.9 Å². The van der Waals surface area contributed by atoms with Gasteiger partial charge in [-0.25, -0.2) is 8.78 Å². The lowest BCUT2D eigenvalue weighted by atomic mass is 9.41. The van der Waals surface area contributed by atoms with Crippen LogP contribution in [-0.4, -0.2) is 52.8 Å². The Hall–Kier alpha value is -2.42. The van der Waals surface area contributed by atoms with Gasteiger partial charge in [0.1, 0.15) is 18.6 Å². The van der Waals surface area contributed by atoms with Gasteiger partial charge in [-0.15, -0.1) is 0 Å². The molecule has 1 aliphatic heterocycles. The van der Waals surface area contributed by atoms with Crippen LogP contribution in [0.3, 0.4) is 0 Å². The van der Waals surface area contributed by atoms with E-state index in [9.17, 15) is 24.2 Å². The number of rotatable bonds is 3. The quantitative estimate of drug-likeness (QED) is 0.641. The Balaban J connectivity index is 1.46. The smallest absolute Gasteiger partial charge is 0.193 e. The van der Waals surface area contributed by atoms with Crippen LogP contribution in [0.1, 0.15) is 40.0 Å². The van der Waals surface area contributed by atoms with Gasteiger partial charge in [-0.1, -0.05) is 32.9 Å². The normalized spacial score (nSPS) is 46.1. The predicted octanol–water partition coefficient (Wildman–Crippen LogP) is 3.72. The zero-order valence-corrected chi connectivity index (χ0v) is 21.3. The number of aliphatic hydroxyl groups excluding tert-OH is 2. The summed E-state index contributed by atoms with van der Waals surface area (Å²) < 4.78 is 29.8. The molecule has 9 unspecified atom stereocenters. The molecule has 1 aromatic rings. The fourth-order valence-electron chi connectivity index (χ4n) is 9.20. The average Bonchev–Trinajstić information content (AvgIpc) is 3.31. The molecule has 198 valence electrons. The maximum absolute atomic E-state index is 15.8. The molecule has 9 atom stereocenters. The van der Waals surface area contributed by atoms with E-state index in [0.29, 0.717) is 24.2 Å². The van der Waals surface area contributed by atoms with E-state index in [1.807, 2.05) is 13.8 Å². The van der Waals surface area contributed by atoms with Gasteiger partial charge in [-0.3, -0.25) is 19.5 Å². The highest BCUT2D eigenvalue weighted by molar-refractivity contribution is 6.01. The van der Waals surface area contributed by atoms with Crippen LogP contribution in [0.15, 0.2) is 48.1 Å². The van der Waals surface area contributed by atoms with Crippen LogP contribution >= 0.6 is 0 Å². The van der Waals surface area contributed by atoms with Gasteiger partial charge in [-0.2, -0.15) is 0 Å². The average molecular weight is 514 g/mol. The Bertz CT molecular complexity index is 1250. The molecule has 0 spiro atoms. The van der Waals surface area contributed by atoms with Crippen LogP contribution in [-0.2, 0) is 14.4 Å². The van der Waals surface area contributed by atoms with Gasteiger partial charge >= 0.3 is 0 Å². The molecule has 1 heterocycles. The van der Waals surface area contributed by atoms with Crippen LogP contribution in [0.4, 0.5) is 14.5 Å². The molecule has 6 rings (SSSR count). The molecule has 2 N–H and O–H groups in total. The number of carbonyl (C=O) groups excluding carboxylic acids is 2. The van der Waals surface area contributed by atoms with Crippen molar-refractivity contribution in [2.45, 2.75) is 57.9 Å². The molecule has 8 heteroatoms. The first-order chi connectivity index (χ1) is 17.4. The van der Waals surface area contributed by atoms with Crippen molar-refractivity contribution in [1.29, 1.82) is 0 Å². The topological polar surface area (TPSA) is 87.1 Å². The number of allylic oxidation sites excluding steroid dienone is 4. The lowest BCUT2D eigenvalue weighted by Crippen LogP contribution is -2.67. The van der Waals surface area contributed by atoms with Crippen molar-refractivity contribution < 1.29 is 33.4 Å². The summed E-state index contributed by atoms with van der Waals surface area (Å²) in [4.78, 5) is 32.2. The van der Waals surface area contributed by atoms with E-state index in [4.69, 9.17) is 4.84 Å². The first kappa shape index (κ1) is 24.9. The van der Waals surface area contributed by atoms with Crippen molar-refractivity contribution in [2.75, 3.05) is 18.2 Å². The van der Waals surface area contributed by atoms with Crippen molar-refractivity contribution in [3.8, 4) is 0 Å². The van der Waals surface area contributed by atoms with Crippen molar-refractivity contribution in [3.63, 3.8) is 0 Å². The fourth-order valence-corrected chi connectivity index (χ4v) is 9.20. The highest BCUT2D eigenvalue weighted by atomic mass is 19.1. The summed E-state index contributed by atoms with van der Waals surface area (Å²) in [6.45, 7) is 5.47. The Morgan fingerprint density at radius 1 is 1.24 bits per heavy atom. The number of ketones is 2. The summed E-state index contributed by atoms with van der Waals surface area (Å²) in [5.74, 6) is -2.13. The van der Waals surface area contributed by atoms with E-state index < -0.39 is 52.3 Å². The Morgan fingerprint density at radius 2 is 2.00 bits per heavy atom. The SMILES string of the molecule is CC12C=CC(=O)C=C1C(F)CC1C2C(O)CC2(C)C1(C)CC1CN(c3cccc(F)c3)OC12C(=O)CO. The molecular weight excluding hydrogens is 480 g/mol. The predicted molar refractivity (Wildman–Crippen MR) is 131 cm³/mol. The monoisotopic (exact) mass is 513 g/mol. The van der Waals surface area contributed by atoms with E-state index in [1.54, 1.807) is 18.2 Å². The largest absolute Gasteiger partial charge is 0.393 e. The maximum atomic E-state index is 15.8. The number of alkyl halides is 1. The highest BCUT2D eigenvalue weighted by Gasteiger charge is 2.79. The zero-order valence-electron chi connectivity index (χ0n) is 21.3. The summed E-state index contributed by atoms with van der Waals surface area (Å²) in [7, 11) is 0. The second kappa shape index (κ2) is 7.80. The van der Waals surface area contributed by atoms with Crippen LogP contribution in [0, 0.1) is 39.8 Å². The number of benzene rings is 1. The third kappa shape index (κ3) is 2.95. The molecule has 0 aromatic heterocycles. The van der Waals surface area contributed by atoms with Gasteiger partial charge < -0.3 is 10.2 Å². The van der Waals surface area contributed by atoms with Gasteiger partial charge in [0.15, 0.2) is 17.2 Å². The number of hydrogen-bond donors (Lipinski definition) is 2. The minimum absolute atomic E-state index is 0.139. The minimum atomic E-state index is -1.45. The molecule has 37 heavy (non-hydrogen) atoms. The van der Waals surface area contributed by atoms with E-state index in [-0.39, 0.29) is 36.4 Å². The van der Waals surface area contributed by atoms with Crippen LogP contribution < -0.4 is 5.06 Å². The molecule has 3 saturated carbocycles. The van der Waals surface area contributed by atoms with E-state index in [0.717, 1.165) is 0 Å². The second-order valence-electron chi connectivity index (χ2n) is 12.3. The third-order valence-electron chi connectivity index (χ3n) is 10.9. The minimum Gasteiger partial charge on any atom is -0.393 e. The highest BCUT2D eigenvalue weighted by Crippen LogP contribution is 2.76. The van der Waals surface area contributed by atoms with Gasteiger partial charge in [0.2, 0.25) is 0 Å². The molecule has 4 fully saturated rings. The summed E-state index contributed by atoms with van der Waals surface area (Å²) >= 11 is 0. The first-order valence-corrected chi connectivity index (χ1v) is 13.0. The number of fused-ring (bicyclic) bond motifs is 7. The Morgan fingerprint density at radius 3 is 2.70 bits per heavy atom. The Kier molecular flexibility index (Phi) is 5.25. The summed E-state index contributed by atoms with van der Waals surface area (Å²) in [6.07, 6.45) is 3.23. The fraction of sp³-hybridized carbons (Fsp3) is 0.586. The number of carbonyl (C=O) groups is 2. The van der Waals surface area contributed by atoms with E-state index >= 15 is 4.39 Å². The first-order valence-electron chi connectivity index (χ1n) is 13.0.